The summed E-state index contributed by atoms with van der Waals surface area (Å²) in [6, 6.07) is 15.6. The number of methoxy groups -OCH3 is 1. The summed E-state index contributed by atoms with van der Waals surface area (Å²) >= 11 is 0. The lowest BCUT2D eigenvalue weighted by atomic mass is 10.1. The summed E-state index contributed by atoms with van der Waals surface area (Å²) in [5, 5.41) is 3.02. The number of ether oxygens (including phenoxy) is 1. The molecule has 0 aliphatic heterocycles. The number of rotatable bonds is 15. The molecule has 0 aliphatic rings. The molecule has 3 rings (SSSR count). The molecule has 206 valence electrons. The number of benzene rings is 2. The number of aryl methyl sites for hydroxylation is 1. The van der Waals surface area contributed by atoms with Gasteiger partial charge in [0, 0.05) is 26.1 Å². The van der Waals surface area contributed by atoms with Crippen LogP contribution in [0.25, 0.3) is 11.0 Å². The summed E-state index contributed by atoms with van der Waals surface area (Å²) in [4.78, 5) is 32.5. The minimum absolute atomic E-state index is 0.0304. The van der Waals surface area contributed by atoms with Gasteiger partial charge in [0.05, 0.1) is 24.6 Å². The van der Waals surface area contributed by atoms with Crippen LogP contribution < -0.4 is 10.1 Å². The molecule has 7 heteroatoms. The second-order valence-corrected chi connectivity index (χ2v) is 10.9. The summed E-state index contributed by atoms with van der Waals surface area (Å²) in [5.41, 5.74) is 2.91. The minimum atomic E-state index is 0.0304. The molecule has 0 radical (unpaired) electrons. The fraction of sp³-hybridized carbons (Fsp3) is 0.516. The fourth-order valence-electron chi connectivity index (χ4n) is 4.69. The van der Waals surface area contributed by atoms with Gasteiger partial charge in [-0.1, -0.05) is 58.4 Å². The van der Waals surface area contributed by atoms with Crippen molar-refractivity contribution in [1.29, 1.82) is 0 Å². The lowest BCUT2D eigenvalue weighted by Gasteiger charge is -2.27. The maximum atomic E-state index is 13.4. The Labute approximate surface area is 227 Å². The Balaban J connectivity index is 1.52. The summed E-state index contributed by atoms with van der Waals surface area (Å²) in [6.07, 6.45) is 4.01. The van der Waals surface area contributed by atoms with Gasteiger partial charge in [0.25, 0.3) is 0 Å². The summed E-state index contributed by atoms with van der Waals surface area (Å²) in [6.45, 7) is 11.1. The Morgan fingerprint density at radius 1 is 0.947 bits per heavy atom. The Morgan fingerprint density at radius 2 is 1.63 bits per heavy atom. The number of unbranched alkanes of at least 4 members (excludes halogenated alkanes) is 2. The first-order valence-corrected chi connectivity index (χ1v) is 13.9. The van der Waals surface area contributed by atoms with Gasteiger partial charge in [-0.25, -0.2) is 4.98 Å². The van der Waals surface area contributed by atoms with Crippen LogP contribution in [0.3, 0.4) is 0 Å². The zero-order valence-electron chi connectivity index (χ0n) is 23.7. The maximum absolute atomic E-state index is 13.4. The summed E-state index contributed by atoms with van der Waals surface area (Å²) in [7, 11) is 1.63. The van der Waals surface area contributed by atoms with E-state index in [-0.39, 0.29) is 11.8 Å². The van der Waals surface area contributed by atoms with Crippen LogP contribution in [0.15, 0.2) is 48.5 Å². The normalized spacial score (nSPS) is 11.3. The van der Waals surface area contributed by atoms with Crippen LogP contribution in [0.1, 0.15) is 58.3 Å². The third-order valence-electron chi connectivity index (χ3n) is 6.47. The van der Waals surface area contributed by atoms with Crippen LogP contribution in [-0.4, -0.2) is 53.0 Å². The van der Waals surface area contributed by atoms with E-state index in [0.29, 0.717) is 31.3 Å². The monoisotopic (exact) mass is 520 g/mol. The van der Waals surface area contributed by atoms with Crippen molar-refractivity contribution in [2.24, 2.45) is 11.8 Å². The van der Waals surface area contributed by atoms with Crippen molar-refractivity contribution in [2.75, 3.05) is 26.7 Å². The lowest BCUT2D eigenvalue weighted by Crippen LogP contribution is -2.39. The number of nitrogens with zero attached hydrogens (tertiary/aromatic N) is 3. The molecule has 3 aromatic rings. The molecule has 2 amide bonds. The number of carbonyl (C=O) groups is 2. The number of fused-ring (bicyclic) bond motifs is 1. The highest BCUT2D eigenvalue weighted by Gasteiger charge is 2.20. The van der Waals surface area contributed by atoms with Crippen LogP contribution in [0.5, 0.6) is 5.75 Å². The van der Waals surface area contributed by atoms with Gasteiger partial charge in [-0.2, -0.15) is 0 Å². The van der Waals surface area contributed by atoms with E-state index < -0.39 is 0 Å². The number of para-hydroxylation sites is 2. The third kappa shape index (κ3) is 8.89. The lowest BCUT2D eigenvalue weighted by molar-refractivity contribution is -0.133. The quantitative estimate of drug-likeness (QED) is 0.278. The Kier molecular flexibility index (Phi) is 11.2. The number of imidazole rings is 1. The van der Waals surface area contributed by atoms with E-state index in [4.69, 9.17) is 9.72 Å². The number of hydrogen-bond donors (Lipinski definition) is 1. The molecule has 1 N–H and O–H groups in total. The zero-order chi connectivity index (χ0) is 27.5. The summed E-state index contributed by atoms with van der Waals surface area (Å²) in [5.74, 6) is 2.77. The van der Waals surface area contributed by atoms with Gasteiger partial charge in [-0.05, 0) is 54.5 Å². The van der Waals surface area contributed by atoms with Gasteiger partial charge in [0.15, 0.2) is 0 Å². The van der Waals surface area contributed by atoms with Crippen LogP contribution in [0, 0.1) is 11.8 Å². The van der Waals surface area contributed by atoms with Crippen molar-refractivity contribution < 1.29 is 14.3 Å². The fourth-order valence-corrected chi connectivity index (χ4v) is 4.69. The van der Waals surface area contributed by atoms with Crippen molar-refractivity contribution in [2.45, 2.75) is 66.3 Å². The molecule has 38 heavy (non-hydrogen) atoms. The van der Waals surface area contributed by atoms with Gasteiger partial charge in [-0.3, -0.25) is 9.59 Å². The van der Waals surface area contributed by atoms with Crippen LogP contribution >= 0.6 is 0 Å². The standard InChI is InChI=1S/C31H44N4O3/c1-23(2)20-34(21-24(3)4)31(37)22-35-28-12-9-8-11-27(28)33-29(35)13-7-6-10-18-32-30(36)19-25-14-16-26(38-5)17-15-25/h8-9,11-12,14-17,23-24H,6-7,10,13,18-22H2,1-5H3,(H,32,36). The van der Waals surface area contributed by atoms with Crippen molar-refractivity contribution in [3.63, 3.8) is 0 Å². The first-order valence-electron chi connectivity index (χ1n) is 13.9. The van der Waals surface area contributed by atoms with Crippen LogP contribution in [0.4, 0.5) is 0 Å². The molecule has 0 fully saturated rings. The Morgan fingerprint density at radius 3 is 2.29 bits per heavy atom. The molecule has 7 nitrogen and oxygen atoms in total. The van der Waals surface area contributed by atoms with Gasteiger partial charge in [-0.15, -0.1) is 0 Å². The zero-order valence-corrected chi connectivity index (χ0v) is 23.7. The van der Waals surface area contributed by atoms with Gasteiger partial charge in [0.2, 0.25) is 11.8 Å². The molecule has 0 saturated carbocycles. The van der Waals surface area contributed by atoms with E-state index >= 15 is 0 Å². The topological polar surface area (TPSA) is 76.5 Å². The molecule has 0 bridgehead atoms. The average molecular weight is 521 g/mol. The second kappa shape index (κ2) is 14.6. The molecular weight excluding hydrogens is 476 g/mol. The predicted octanol–water partition coefficient (Wildman–Crippen LogP) is 5.26. The number of aromatic nitrogens is 2. The smallest absolute Gasteiger partial charge is 0.242 e. The molecule has 0 unspecified atom stereocenters. The molecular formula is C31H44N4O3. The highest BCUT2D eigenvalue weighted by Crippen LogP contribution is 2.19. The number of nitrogens with one attached hydrogen (secondary N) is 1. The Bertz CT molecular complexity index is 1160. The third-order valence-corrected chi connectivity index (χ3v) is 6.47. The number of carbonyl (C=O) groups excluding carboxylic acids is 2. The molecule has 0 atom stereocenters. The largest absolute Gasteiger partial charge is 0.497 e. The van der Waals surface area contributed by atoms with E-state index in [1.54, 1.807) is 7.11 Å². The van der Waals surface area contributed by atoms with E-state index in [1.807, 2.05) is 53.4 Å². The molecule has 0 spiro atoms. The molecule has 2 aromatic carbocycles. The number of amides is 2. The SMILES string of the molecule is COc1ccc(CC(=O)NCCCCCc2nc3ccccc3n2CC(=O)N(CC(C)C)CC(C)C)cc1. The highest BCUT2D eigenvalue weighted by atomic mass is 16.5. The van der Waals surface area contributed by atoms with Crippen molar-refractivity contribution in [3.8, 4) is 5.75 Å². The molecule has 1 heterocycles. The maximum Gasteiger partial charge on any atom is 0.242 e. The highest BCUT2D eigenvalue weighted by molar-refractivity contribution is 5.81. The number of hydrogen-bond acceptors (Lipinski definition) is 4. The van der Waals surface area contributed by atoms with E-state index in [2.05, 4.69) is 37.6 Å². The van der Waals surface area contributed by atoms with E-state index in [0.717, 1.165) is 66.9 Å². The summed E-state index contributed by atoms with van der Waals surface area (Å²) < 4.78 is 7.26. The van der Waals surface area contributed by atoms with Crippen LogP contribution in [-0.2, 0) is 29.0 Å². The second-order valence-electron chi connectivity index (χ2n) is 10.9. The van der Waals surface area contributed by atoms with Crippen LogP contribution in [0.2, 0.25) is 0 Å². The van der Waals surface area contributed by atoms with Crippen molar-refractivity contribution in [3.05, 3.63) is 59.9 Å². The van der Waals surface area contributed by atoms with Gasteiger partial charge in [0.1, 0.15) is 18.1 Å². The first kappa shape index (κ1) is 29.2. The average Bonchev–Trinajstić information content (AvgIpc) is 3.22. The van der Waals surface area contributed by atoms with Crippen molar-refractivity contribution >= 4 is 22.8 Å². The molecule has 1 aromatic heterocycles. The minimum Gasteiger partial charge on any atom is -0.497 e. The van der Waals surface area contributed by atoms with Gasteiger partial charge >= 0.3 is 0 Å². The molecule has 0 saturated heterocycles. The van der Waals surface area contributed by atoms with Crippen molar-refractivity contribution in [1.82, 2.24) is 19.8 Å². The molecule has 0 aliphatic carbocycles. The van der Waals surface area contributed by atoms with E-state index in [9.17, 15) is 9.59 Å². The van der Waals surface area contributed by atoms with Gasteiger partial charge < -0.3 is 19.5 Å². The Hall–Kier alpha value is -3.35. The predicted molar refractivity (Wildman–Crippen MR) is 153 cm³/mol. The first-order chi connectivity index (χ1) is 18.3. The van der Waals surface area contributed by atoms with E-state index in [1.165, 1.54) is 0 Å².